The van der Waals surface area contributed by atoms with Gasteiger partial charge in [0.2, 0.25) is 0 Å². The van der Waals surface area contributed by atoms with E-state index in [2.05, 4.69) is 10.2 Å². The fraction of sp³-hybridized carbons (Fsp3) is 0.727. The lowest BCUT2D eigenvalue weighted by atomic mass is 10.2. The molecular formula is C11H18N2O2. The second-order valence-electron chi connectivity index (χ2n) is 4.36. The molecule has 15 heavy (non-hydrogen) atoms. The molecular weight excluding hydrogens is 192 g/mol. The third-order valence-corrected chi connectivity index (χ3v) is 3.07. The van der Waals surface area contributed by atoms with Crippen LogP contribution in [0.4, 0.5) is 0 Å². The van der Waals surface area contributed by atoms with Crippen molar-refractivity contribution in [3.8, 4) is 0 Å². The second kappa shape index (κ2) is 4.77. The van der Waals surface area contributed by atoms with Crippen LogP contribution < -0.4 is 5.32 Å². The van der Waals surface area contributed by atoms with Gasteiger partial charge in [-0.2, -0.15) is 0 Å². The zero-order valence-corrected chi connectivity index (χ0v) is 8.85. The molecule has 1 aliphatic heterocycles. The quantitative estimate of drug-likeness (QED) is 0.647. The van der Waals surface area contributed by atoms with Gasteiger partial charge in [-0.3, -0.25) is 4.90 Å². The van der Waals surface area contributed by atoms with E-state index in [9.17, 15) is 4.79 Å². The zero-order valence-electron chi connectivity index (χ0n) is 8.85. The number of hydrogen-bond donors (Lipinski definition) is 2. The molecule has 84 valence electrons. The van der Waals surface area contributed by atoms with Gasteiger partial charge in [-0.05, 0) is 19.3 Å². The smallest absolute Gasteiger partial charge is 0.328 e. The minimum atomic E-state index is -0.872. The molecule has 0 radical (unpaired) electrons. The molecule has 1 unspecified atom stereocenters. The van der Waals surface area contributed by atoms with E-state index >= 15 is 0 Å². The topological polar surface area (TPSA) is 52.6 Å². The number of hydrogen-bond acceptors (Lipinski definition) is 3. The van der Waals surface area contributed by atoms with Gasteiger partial charge >= 0.3 is 5.97 Å². The predicted octanol–water partition coefficient (Wildman–Crippen LogP) is 0.453. The highest BCUT2D eigenvalue weighted by atomic mass is 16.4. The summed E-state index contributed by atoms with van der Waals surface area (Å²) >= 11 is 0. The van der Waals surface area contributed by atoms with Gasteiger partial charge in [-0.15, -0.1) is 0 Å². The van der Waals surface area contributed by atoms with Gasteiger partial charge in [0, 0.05) is 37.8 Å². The Bertz CT molecular complexity index is 261. The summed E-state index contributed by atoms with van der Waals surface area (Å²) < 4.78 is 0. The lowest BCUT2D eigenvalue weighted by molar-refractivity contribution is -0.131. The van der Waals surface area contributed by atoms with Crippen LogP contribution in [0.1, 0.15) is 19.3 Å². The predicted molar refractivity (Wildman–Crippen MR) is 57.8 cm³/mol. The van der Waals surface area contributed by atoms with Gasteiger partial charge in [0.25, 0.3) is 0 Å². The molecule has 0 aromatic heterocycles. The Kier molecular flexibility index (Phi) is 3.38. The van der Waals surface area contributed by atoms with Crippen LogP contribution in [-0.4, -0.2) is 47.7 Å². The molecule has 4 heteroatoms. The van der Waals surface area contributed by atoms with E-state index in [4.69, 9.17) is 5.11 Å². The number of rotatable bonds is 5. The third kappa shape index (κ3) is 3.32. The first-order chi connectivity index (χ1) is 7.25. The summed E-state index contributed by atoms with van der Waals surface area (Å²) in [5, 5.41) is 11.8. The van der Waals surface area contributed by atoms with Crippen molar-refractivity contribution in [1.82, 2.24) is 10.2 Å². The van der Waals surface area contributed by atoms with Gasteiger partial charge < -0.3 is 10.4 Å². The van der Waals surface area contributed by atoms with E-state index in [0.29, 0.717) is 12.6 Å². The minimum Gasteiger partial charge on any atom is -0.478 e. The van der Waals surface area contributed by atoms with Crippen LogP contribution in [0.5, 0.6) is 0 Å². The molecule has 1 saturated carbocycles. The van der Waals surface area contributed by atoms with E-state index < -0.39 is 5.97 Å². The molecule has 0 aromatic rings. The number of aliphatic carboxylic acids is 1. The molecule has 1 heterocycles. The lowest BCUT2D eigenvalue weighted by Crippen LogP contribution is -2.33. The first-order valence-corrected chi connectivity index (χ1v) is 5.62. The maximum atomic E-state index is 10.2. The third-order valence-electron chi connectivity index (χ3n) is 3.07. The highest BCUT2D eigenvalue weighted by Gasteiger charge is 2.33. The summed E-state index contributed by atoms with van der Waals surface area (Å²) in [5.41, 5.74) is 0. The van der Waals surface area contributed by atoms with Crippen LogP contribution in [0.15, 0.2) is 12.2 Å². The van der Waals surface area contributed by atoms with E-state index in [1.807, 2.05) is 0 Å². The summed E-state index contributed by atoms with van der Waals surface area (Å²) in [7, 11) is 0. The van der Waals surface area contributed by atoms with Gasteiger partial charge in [-0.1, -0.05) is 6.08 Å². The van der Waals surface area contributed by atoms with E-state index in [1.165, 1.54) is 31.9 Å². The minimum absolute atomic E-state index is 0.545. The van der Waals surface area contributed by atoms with Crippen molar-refractivity contribution < 1.29 is 9.90 Å². The Morgan fingerprint density at radius 2 is 2.27 bits per heavy atom. The number of nitrogens with zero attached hydrogens (tertiary/aromatic N) is 1. The van der Waals surface area contributed by atoms with Gasteiger partial charge in [0.05, 0.1) is 0 Å². The Morgan fingerprint density at radius 1 is 1.47 bits per heavy atom. The molecule has 1 saturated heterocycles. The van der Waals surface area contributed by atoms with Crippen LogP contribution in [0.3, 0.4) is 0 Å². The summed E-state index contributed by atoms with van der Waals surface area (Å²) in [6.07, 6.45) is 6.79. The van der Waals surface area contributed by atoms with E-state index in [1.54, 1.807) is 6.08 Å². The van der Waals surface area contributed by atoms with Crippen LogP contribution in [0.25, 0.3) is 0 Å². The van der Waals surface area contributed by atoms with Crippen molar-refractivity contribution in [2.75, 3.05) is 19.6 Å². The monoisotopic (exact) mass is 210 g/mol. The van der Waals surface area contributed by atoms with Crippen LogP contribution in [0, 0.1) is 0 Å². The van der Waals surface area contributed by atoms with Gasteiger partial charge in [-0.25, -0.2) is 4.79 Å². The summed E-state index contributed by atoms with van der Waals surface area (Å²) in [6, 6.07) is 1.40. The molecule has 2 N–H and O–H groups in total. The van der Waals surface area contributed by atoms with Gasteiger partial charge in [0.15, 0.2) is 0 Å². The average molecular weight is 210 g/mol. The van der Waals surface area contributed by atoms with E-state index in [-0.39, 0.29) is 0 Å². The average Bonchev–Trinajstić information content (AvgIpc) is 2.94. The Balaban J connectivity index is 1.62. The highest BCUT2D eigenvalue weighted by Crippen LogP contribution is 2.29. The number of likely N-dealkylation sites (tertiary alicyclic amines) is 1. The normalized spacial score (nSPS) is 27.6. The SMILES string of the molecule is O=C(O)/C=C/CNC1CCN(C2CC2)C1. The molecule has 0 amide bonds. The molecule has 2 rings (SSSR count). The fourth-order valence-corrected chi connectivity index (χ4v) is 2.12. The van der Waals surface area contributed by atoms with Crippen molar-refractivity contribution in [3.63, 3.8) is 0 Å². The molecule has 2 aliphatic rings. The Hall–Kier alpha value is -0.870. The fourth-order valence-electron chi connectivity index (χ4n) is 2.12. The standard InChI is InChI=1S/C11H18N2O2/c14-11(15)2-1-6-12-9-5-7-13(8-9)10-3-4-10/h1-2,9-10,12H,3-8H2,(H,14,15)/b2-1+. The van der Waals surface area contributed by atoms with Crippen molar-refractivity contribution in [1.29, 1.82) is 0 Å². The first kappa shape index (κ1) is 10.6. The summed E-state index contributed by atoms with van der Waals surface area (Å²) in [5.74, 6) is -0.872. The number of nitrogens with one attached hydrogen (secondary N) is 1. The van der Waals surface area contributed by atoms with Crippen molar-refractivity contribution >= 4 is 5.97 Å². The Morgan fingerprint density at radius 3 is 2.93 bits per heavy atom. The largest absolute Gasteiger partial charge is 0.478 e. The van der Waals surface area contributed by atoms with Crippen molar-refractivity contribution in [3.05, 3.63) is 12.2 Å². The number of carboxylic acid groups (broad SMARTS) is 1. The molecule has 0 aromatic carbocycles. The zero-order chi connectivity index (χ0) is 10.7. The molecule has 1 aliphatic carbocycles. The Labute approximate surface area is 90.0 Å². The van der Waals surface area contributed by atoms with Crippen LogP contribution in [0.2, 0.25) is 0 Å². The number of carbonyl (C=O) groups is 1. The summed E-state index contributed by atoms with van der Waals surface area (Å²) in [6.45, 7) is 2.99. The lowest BCUT2D eigenvalue weighted by Gasteiger charge is -2.14. The van der Waals surface area contributed by atoms with Crippen LogP contribution >= 0.6 is 0 Å². The second-order valence-corrected chi connectivity index (χ2v) is 4.36. The molecule has 2 fully saturated rings. The van der Waals surface area contributed by atoms with Crippen molar-refractivity contribution in [2.45, 2.75) is 31.3 Å². The molecule has 0 bridgehead atoms. The first-order valence-electron chi connectivity index (χ1n) is 5.62. The molecule has 1 atom stereocenters. The van der Waals surface area contributed by atoms with E-state index in [0.717, 1.165) is 12.6 Å². The number of carboxylic acids is 1. The van der Waals surface area contributed by atoms with Gasteiger partial charge in [0.1, 0.15) is 0 Å². The molecule has 0 spiro atoms. The van der Waals surface area contributed by atoms with Crippen molar-refractivity contribution in [2.24, 2.45) is 0 Å². The highest BCUT2D eigenvalue weighted by molar-refractivity contribution is 5.79. The maximum Gasteiger partial charge on any atom is 0.328 e. The summed E-state index contributed by atoms with van der Waals surface area (Å²) in [4.78, 5) is 12.8. The maximum absolute atomic E-state index is 10.2. The van der Waals surface area contributed by atoms with Crippen LogP contribution in [-0.2, 0) is 4.79 Å². The molecule has 4 nitrogen and oxygen atoms in total.